The van der Waals surface area contributed by atoms with Crippen LogP contribution in [0.25, 0.3) is 11.0 Å². The Morgan fingerprint density at radius 2 is 2.26 bits per heavy atom. The molecule has 2 amide bonds. The van der Waals surface area contributed by atoms with E-state index in [1.165, 1.54) is 0 Å². The van der Waals surface area contributed by atoms with Crippen molar-refractivity contribution in [1.29, 1.82) is 0 Å². The number of carbonyl (C=O) groups excluding carboxylic acids is 1. The van der Waals surface area contributed by atoms with Gasteiger partial charge < -0.3 is 15.2 Å². The molecule has 8 heteroatoms. The summed E-state index contributed by atoms with van der Waals surface area (Å²) in [5.74, 6) is 0.732. The van der Waals surface area contributed by atoms with Gasteiger partial charge in [0.1, 0.15) is 11.5 Å². The Morgan fingerprint density at radius 1 is 1.43 bits per heavy atom. The molecule has 0 aliphatic carbocycles. The molecule has 0 bridgehead atoms. The number of fused-ring (bicyclic) bond motifs is 1. The van der Waals surface area contributed by atoms with Crippen LogP contribution in [0.4, 0.5) is 4.79 Å². The maximum Gasteiger partial charge on any atom is 0.317 e. The second kappa shape index (κ2) is 6.07. The lowest BCUT2D eigenvalue weighted by Gasteiger charge is -2.15. The molecule has 2 N–H and O–H groups in total. The summed E-state index contributed by atoms with van der Waals surface area (Å²) in [5, 5.41) is 10.7. The van der Waals surface area contributed by atoms with Gasteiger partial charge in [-0.2, -0.15) is 0 Å². The SMILES string of the molecule is Cc1cccc2[nH]c(CNC(=O)N(C)Cc3cn(C)nn3)nc12. The van der Waals surface area contributed by atoms with Crippen LogP contribution in [0.3, 0.4) is 0 Å². The summed E-state index contributed by atoms with van der Waals surface area (Å²) in [4.78, 5) is 21.4. The molecule has 0 fully saturated rings. The molecule has 0 saturated carbocycles. The molecule has 0 unspecified atom stereocenters. The van der Waals surface area contributed by atoms with Crippen molar-refractivity contribution in [2.24, 2.45) is 7.05 Å². The lowest BCUT2D eigenvalue weighted by atomic mass is 10.2. The number of imidazole rings is 1. The van der Waals surface area contributed by atoms with Crippen LogP contribution in [0.5, 0.6) is 0 Å². The van der Waals surface area contributed by atoms with Gasteiger partial charge in [-0.3, -0.25) is 4.68 Å². The molecule has 120 valence electrons. The summed E-state index contributed by atoms with van der Waals surface area (Å²) < 4.78 is 1.61. The number of aromatic amines is 1. The molecule has 1 aromatic carbocycles. The van der Waals surface area contributed by atoms with Crippen LogP contribution in [0, 0.1) is 6.92 Å². The number of H-pyrrole nitrogens is 1. The zero-order chi connectivity index (χ0) is 16.4. The van der Waals surface area contributed by atoms with Crippen LogP contribution in [-0.2, 0) is 20.1 Å². The summed E-state index contributed by atoms with van der Waals surface area (Å²) in [6.45, 7) is 2.76. The second-order valence-corrected chi connectivity index (χ2v) is 5.55. The normalized spacial score (nSPS) is 10.9. The van der Waals surface area contributed by atoms with Crippen molar-refractivity contribution in [2.45, 2.75) is 20.0 Å². The summed E-state index contributed by atoms with van der Waals surface area (Å²) in [6.07, 6.45) is 1.78. The van der Waals surface area contributed by atoms with Gasteiger partial charge in [-0.25, -0.2) is 9.78 Å². The number of hydrogen-bond donors (Lipinski definition) is 2. The van der Waals surface area contributed by atoms with Gasteiger partial charge in [0.15, 0.2) is 0 Å². The Bertz CT molecular complexity index is 835. The minimum Gasteiger partial charge on any atom is -0.340 e. The van der Waals surface area contributed by atoms with E-state index in [-0.39, 0.29) is 6.03 Å². The number of aromatic nitrogens is 5. The third-order valence-electron chi connectivity index (χ3n) is 3.57. The molecule has 0 saturated heterocycles. The predicted octanol–water partition coefficient (Wildman–Crippen LogP) is 1.34. The lowest BCUT2D eigenvalue weighted by molar-refractivity contribution is 0.205. The zero-order valence-corrected chi connectivity index (χ0v) is 13.4. The molecule has 8 nitrogen and oxygen atoms in total. The Morgan fingerprint density at radius 3 is 2.96 bits per heavy atom. The van der Waals surface area contributed by atoms with E-state index in [9.17, 15) is 4.79 Å². The summed E-state index contributed by atoms with van der Waals surface area (Å²) in [6, 6.07) is 5.78. The highest BCUT2D eigenvalue weighted by molar-refractivity contribution is 5.78. The van der Waals surface area contributed by atoms with Gasteiger partial charge in [-0.15, -0.1) is 5.10 Å². The summed E-state index contributed by atoms with van der Waals surface area (Å²) in [5.41, 5.74) is 3.76. The number of benzene rings is 1. The number of rotatable bonds is 4. The van der Waals surface area contributed by atoms with Crippen molar-refractivity contribution in [3.63, 3.8) is 0 Å². The smallest absolute Gasteiger partial charge is 0.317 e. The van der Waals surface area contributed by atoms with Crippen LogP contribution >= 0.6 is 0 Å². The topological polar surface area (TPSA) is 91.7 Å². The fourth-order valence-corrected chi connectivity index (χ4v) is 2.39. The highest BCUT2D eigenvalue weighted by atomic mass is 16.2. The molecule has 2 heterocycles. The van der Waals surface area contributed by atoms with Gasteiger partial charge >= 0.3 is 6.03 Å². The van der Waals surface area contributed by atoms with Gasteiger partial charge in [-0.1, -0.05) is 17.3 Å². The standard InChI is InChI=1S/C15H19N7O/c1-10-5-4-6-12-14(10)18-13(17-12)7-16-15(23)21(2)8-11-9-22(3)20-19-11/h4-6,9H,7-8H2,1-3H3,(H,16,23)(H,17,18). The Balaban J connectivity index is 1.60. The molecule has 0 aliphatic rings. The maximum atomic E-state index is 12.1. The molecule has 23 heavy (non-hydrogen) atoms. The largest absolute Gasteiger partial charge is 0.340 e. The van der Waals surface area contributed by atoms with E-state index < -0.39 is 0 Å². The van der Waals surface area contributed by atoms with E-state index in [0.29, 0.717) is 13.1 Å². The number of amides is 2. The van der Waals surface area contributed by atoms with E-state index in [0.717, 1.165) is 28.1 Å². The third-order valence-corrected chi connectivity index (χ3v) is 3.57. The maximum absolute atomic E-state index is 12.1. The zero-order valence-electron chi connectivity index (χ0n) is 13.4. The number of nitrogens with one attached hydrogen (secondary N) is 2. The molecule has 0 aliphatic heterocycles. The van der Waals surface area contributed by atoms with Crippen LogP contribution in [0.2, 0.25) is 0 Å². The van der Waals surface area contributed by atoms with Gasteiger partial charge in [0.05, 0.1) is 24.1 Å². The Labute approximate surface area is 133 Å². The molecule has 0 atom stereocenters. The molecule has 3 rings (SSSR count). The first-order valence-corrected chi connectivity index (χ1v) is 7.31. The van der Waals surface area contributed by atoms with Crippen molar-refractivity contribution < 1.29 is 4.79 Å². The first kappa shape index (κ1) is 15.0. The van der Waals surface area contributed by atoms with Gasteiger partial charge in [0.25, 0.3) is 0 Å². The Kier molecular flexibility index (Phi) is 3.96. The molecule has 3 aromatic rings. The first-order valence-electron chi connectivity index (χ1n) is 7.31. The average Bonchev–Trinajstić information content (AvgIpc) is 3.11. The number of para-hydroxylation sites is 1. The second-order valence-electron chi connectivity index (χ2n) is 5.55. The van der Waals surface area contributed by atoms with E-state index in [4.69, 9.17) is 0 Å². The van der Waals surface area contributed by atoms with Crippen molar-refractivity contribution in [1.82, 2.24) is 35.2 Å². The third kappa shape index (κ3) is 3.31. The first-order chi connectivity index (χ1) is 11.0. The summed E-state index contributed by atoms with van der Waals surface area (Å²) >= 11 is 0. The van der Waals surface area contributed by atoms with Crippen LogP contribution in [-0.4, -0.2) is 42.9 Å². The predicted molar refractivity (Wildman–Crippen MR) is 85.5 cm³/mol. The van der Waals surface area contributed by atoms with Crippen molar-refractivity contribution >= 4 is 17.1 Å². The van der Waals surface area contributed by atoms with Crippen molar-refractivity contribution in [3.8, 4) is 0 Å². The fourth-order valence-electron chi connectivity index (χ4n) is 2.39. The molecular weight excluding hydrogens is 294 g/mol. The van der Waals surface area contributed by atoms with Crippen LogP contribution in [0.1, 0.15) is 17.1 Å². The summed E-state index contributed by atoms with van der Waals surface area (Å²) in [7, 11) is 3.51. The molecule has 0 spiro atoms. The van der Waals surface area contributed by atoms with Crippen LogP contribution < -0.4 is 5.32 Å². The van der Waals surface area contributed by atoms with E-state index in [2.05, 4.69) is 25.6 Å². The molecular formula is C15H19N7O. The van der Waals surface area contributed by atoms with Crippen LogP contribution in [0.15, 0.2) is 24.4 Å². The monoisotopic (exact) mass is 313 g/mol. The molecule has 0 radical (unpaired) electrons. The highest BCUT2D eigenvalue weighted by Crippen LogP contribution is 2.15. The lowest BCUT2D eigenvalue weighted by Crippen LogP contribution is -2.36. The Hall–Kier alpha value is -2.90. The van der Waals surface area contributed by atoms with Crippen molar-refractivity contribution in [2.75, 3.05) is 7.05 Å². The number of aryl methyl sites for hydroxylation is 2. The quantitative estimate of drug-likeness (QED) is 0.760. The van der Waals surface area contributed by atoms with E-state index in [1.54, 1.807) is 29.9 Å². The number of nitrogens with zero attached hydrogens (tertiary/aromatic N) is 5. The van der Waals surface area contributed by atoms with Crippen molar-refractivity contribution in [3.05, 3.63) is 41.5 Å². The van der Waals surface area contributed by atoms with E-state index >= 15 is 0 Å². The minimum atomic E-state index is -0.187. The highest BCUT2D eigenvalue weighted by Gasteiger charge is 2.12. The fraction of sp³-hybridized carbons (Fsp3) is 0.333. The van der Waals surface area contributed by atoms with Gasteiger partial charge in [0.2, 0.25) is 0 Å². The number of carbonyl (C=O) groups is 1. The average molecular weight is 313 g/mol. The van der Waals surface area contributed by atoms with E-state index in [1.807, 2.05) is 25.1 Å². The number of hydrogen-bond acceptors (Lipinski definition) is 4. The minimum absolute atomic E-state index is 0.187. The number of urea groups is 1. The van der Waals surface area contributed by atoms with Gasteiger partial charge in [-0.05, 0) is 18.6 Å². The van der Waals surface area contributed by atoms with Gasteiger partial charge in [0, 0.05) is 20.3 Å². The molecule has 2 aromatic heterocycles.